The van der Waals surface area contributed by atoms with Gasteiger partial charge in [0, 0.05) is 23.1 Å². The van der Waals surface area contributed by atoms with Crippen molar-refractivity contribution in [3.63, 3.8) is 0 Å². The van der Waals surface area contributed by atoms with Crippen molar-refractivity contribution in [1.82, 2.24) is 4.98 Å². The molecule has 0 radical (unpaired) electrons. The van der Waals surface area contributed by atoms with E-state index in [2.05, 4.69) is 9.98 Å². The van der Waals surface area contributed by atoms with E-state index in [1.807, 2.05) is 11.6 Å². The van der Waals surface area contributed by atoms with Crippen molar-refractivity contribution in [1.29, 1.82) is 0 Å². The second-order valence-corrected chi connectivity index (χ2v) is 4.37. The molecule has 1 aromatic rings. The van der Waals surface area contributed by atoms with Crippen molar-refractivity contribution in [2.45, 2.75) is 5.75 Å². The van der Waals surface area contributed by atoms with Gasteiger partial charge in [-0.1, -0.05) is 0 Å². The van der Waals surface area contributed by atoms with Crippen molar-refractivity contribution in [2.24, 2.45) is 16.5 Å². The van der Waals surface area contributed by atoms with Gasteiger partial charge < -0.3 is 11.5 Å². The maximum atomic E-state index is 5.18. The number of thiazole rings is 1. The van der Waals surface area contributed by atoms with Gasteiger partial charge in [-0.3, -0.25) is 4.99 Å². The number of nitrogens with two attached hydrogens (primary N) is 2. The average molecular weight is 216 g/mol. The molecule has 4 N–H and O–H groups in total. The summed E-state index contributed by atoms with van der Waals surface area (Å²) in [4.78, 5) is 8.04. The fraction of sp³-hybridized carbons (Fsp3) is 0.429. The lowest BCUT2D eigenvalue weighted by Crippen LogP contribution is -2.23. The van der Waals surface area contributed by atoms with Gasteiger partial charge in [-0.25, -0.2) is 4.98 Å². The molecule has 1 rings (SSSR count). The molecule has 72 valence electrons. The number of aliphatic imine (C=N–C) groups is 1. The fourth-order valence-corrected chi connectivity index (χ4v) is 2.26. The van der Waals surface area contributed by atoms with E-state index in [1.165, 1.54) is 0 Å². The molecule has 1 aromatic heterocycles. The first-order valence-corrected chi connectivity index (χ1v) is 5.84. The second kappa shape index (κ2) is 5.82. The quantitative estimate of drug-likeness (QED) is 0.430. The van der Waals surface area contributed by atoms with Gasteiger partial charge in [0.1, 0.15) is 5.01 Å². The van der Waals surface area contributed by atoms with E-state index in [9.17, 15) is 0 Å². The molecule has 0 saturated carbocycles. The number of guanidine groups is 1. The van der Waals surface area contributed by atoms with Gasteiger partial charge in [-0.05, 0) is 0 Å². The van der Waals surface area contributed by atoms with Gasteiger partial charge >= 0.3 is 0 Å². The van der Waals surface area contributed by atoms with E-state index in [-0.39, 0.29) is 5.96 Å². The SMILES string of the molecule is NC(N)=NCCSCc1nccs1. The summed E-state index contributed by atoms with van der Waals surface area (Å²) in [5.41, 5.74) is 10.4. The molecular weight excluding hydrogens is 204 g/mol. The number of aromatic nitrogens is 1. The molecule has 0 atom stereocenters. The smallest absolute Gasteiger partial charge is 0.185 e. The lowest BCUT2D eigenvalue weighted by Gasteiger charge is -1.95. The molecule has 0 amide bonds. The standard InChI is InChI=1S/C7H12N4S2/c8-7(9)11-1-3-12-5-6-10-2-4-13-6/h2,4H,1,3,5H2,(H4,8,9,11). The van der Waals surface area contributed by atoms with E-state index in [0.29, 0.717) is 6.54 Å². The molecule has 4 nitrogen and oxygen atoms in total. The van der Waals surface area contributed by atoms with Crippen LogP contribution in [0.5, 0.6) is 0 Å². The van der Waals surface area contributed by atoms with E-state index < -0.39 is 0 Å². The molecule has 0 aliphatic rings. The predicted octanol–water partition coefficient (Wildman–Crippen LogP) is 0.650. The summed E-state index contributed by atoms with van der Waals surface area (Å²) in [6, 6.07) is 0. The van der Waals surface area contributed by atoms with Crippen LogP contribution in [0.15, 0.2) is 16.6 Å². The highest BCUT2D eigenvalue weighted by atomic mass is 32.2. The summed E-state index contributed by atoms with van der Waals surface area (Å²) >= 11 is 3.45. The zero-order chi connectivity index (χ0) is 9.52. The summed E-state index contributed by atoms with van der Waals surface area (Å²) < 4.78 is 0. The first-order valence-electron chi connectivity index (χ1n) is 3.80. The van der Waals surface area contributed by atoms with Crippen LogP contribution in [0.4, 0.5) is 0 Å². The molecule has 0 spiro atoms. The van der Waals surface area contributed by atoms with Crippen LogP contribution in [-0.4, -0.2) is 23.2 Å². The van der Waals surface area contributed by atoms with Crippen LogP contribution in [0.3, 0.4) is 0 Å². The monoisotopic (exact) mass is 216 g/mol. The Labute approximate surface area is 85.4 Å². The topological polar surface area (TPSA) is 77.3 Å². The summed E-state index contributed by atoms with van der Waals surface area (Å²) in [5.74, 6) is 2.03. The third kappa shape index (κ3) is 4.74. The van der Waals surface area contributed by atoms with Crippen LogP contribution in [0.2, 0.25) is 0 Å². The molecule has 0 aromatic carbocycles. The predicted molar refractivity (Wildman–Crippen MR) is 59.0 cm³/mol. The van der Waals surface area contributed by atoms with E-state index in [1.54, 1.807) is 23.1 Å². The van der Waals surface area contributed by atoms with Crippen molar-refractivity contribution in [2.75, 3.05) is 12.3 Å². The van der Waals surface area contributed by atoms with Crippen LogP contribution in [0, 0.1) is 0 Å². The van der Waals surface area contributed by atoms with Crippen LogP contribution < -0.4 is 11.5 Å². The Bertz CT molecular complexity index is 253. The Morgan fingerprint density at radius 2 is 2.46 bits per heavy atom. The highest BCUT2D eigenvalue weighted by molar-refractivity contribution is 7.98. The van der Waals surface area contributed by atoms with Gasteiger partial charge in [0.05, 0.1) is 6.54 Å². The number of hydrogen-bond donors (Lipinski definition) is 2. The van der Waals surface area contributed by atoms with Gasteiger partial charge in [0.2, 0.25) is 0 Å². The molecule has 1 heterocycles. The van der Waals surface area contributed by atoms with E-state index in [0.717, 1.165) is 16.5 Å². The van der Waals surface area contributed by atoms with Gasteiger partial charge in [-0.15, -0.1) is 11.3 Å². The first-order chi connectivity index (χ1) is 6.29. The Balaban J connectivity index is 2.05. The van der Waals surface area contributed by atoms with Crippen LogP contribution in [0.25, 0.3) is 0 Å². The second-order valence-electron chi connectivity index (χ2n) is 2.29. The summed E-state index contributed by atoms with van der Waals surface area (Å²) in [6.07, 6.45) is 1.82. The highest BCUT2D eigenvalue weighted by Gasteiger charge is 1.94. The molecule has 0 aliphatic heterocycles. The number of nitrogens with zero attached hydrogens (tertiary/aromatic N) is 2. The normalized spacial score (nSPS) is 9.85. The number of hydrogen-bond acceptors (Lipinski definition) is 4. The zero-order valence-electron chi connectivity index (χ0n) is 7.14. The first kappa shape index (κ1) is 10.3. The minimum atomic E-state index is 0.162. The molecule has 0 saturated heterocycles. The van der Waals surface area contributed by atoms with E-state index in [4.69, 9.17) is 11.5 Å². The largest absolute Gasteiger partial charge is 0.370 e. The molecule has 0 aliphatic carbocycles. The molecule has 0 unspecified atom stereocenters. The number of rotatable bonds is 5. The van der Waals surface area contributed by atoms with Gasteiger partial charge in [0.25, 0.3) is 0 Å². The third-order valence-corrected chi connectivity index (χ3v) is 3.15. The van der Waals surface area contributed by atoms with E-state index >= 15 is 0 Å². The highest BCUT2D eigenvalue weighted by Crippen LogP contribution is 2.13. The molecule has 0 fully saturated rings. The summed E-state index contributed by atoms with van der Waals surface area (Å²) in [5, 5.41) is 3.13. The minimum Gasteiger partial charge on any atom is -0.370 e. The molecule has 13 heavy (non-hydrogen) atoms. The number of thioether (sulfide) groups is 1. The molecule has 0 bridgehead atoms. The Kier molecular flexibility index (Phi) is 4.63. The Morgan fingerprint density at radius 1 is 1.62 bits per heavy atom. The summed E-state index contributed by atoms with van der Waals surface area (Å²) in [6.45, 7) is 0.679. The molecular formula is C7H12N4S2. The van der Waals surface area contributed by atoms with Crippen molar-refractivity contribution in [3.8, 4) is 0 Å². The van der Waals surface area contributed by atoms with Crippen molar-refractivity contribution < 1.29 is 0 Å². The zero-order valence-corrected chi connectivity index (χ0v) is 8.77. The average Bonchev–Trinajstić information content (AvgIpc) is 2.55. The third-order valence-electron chi connectivity index (χ3n) is 1.24. The van der Waals surface area contributed by atoms with Gasteiger partial charge in [-0.2, -0.15) is 11.8 Å². The lowest BCUT2D eigenvalue weighted by molar-refractivity contribution is 1.12. The Hall–Kier alpha value is -0.750. The Morgan fingerprint density at radius 3 is 3.08 bits per heavy atom. The summed E-state index contributed by atoms with van der Waals surface area (Å²) in [7, 11) is 0. The maximum Gasteiger partial charge on any atom is 0.185 e. The lowest BCUT2D eigenvalue weighted by atomic mass is 10.8. The van der Waals surface area contributed by atoms with Crippen molar-refractivity contribution >= 4 is 29.1 Å². The van der Waals surface area contributed by atoms with Crippen LogP contribution in [0.1, 0.15) is 5.01 Å². The minimum absolute atomic E-state index is 0.162. The van der Waals surface area contributed by atoms with Crippen LogP contribution >= 0.6 is 23.1 Å². The van der Waals surface area contributed by atoms with Crippen molar-refractivity contribution in [3.05, 3.63) is 16.6 Å². The van der Waals surface area contributed by atoms with Crippen LogP contribution in [-0.2, 0) is 5.75 Å². The van der Waals surface area contributed by atoms with Gasteiger partial charge in [0.15, 0.2) is 5.96 Å². The maximum absolute atomic E-state index is 5.18. The fourth-order valence-electron chi connectivity index (χ4n) is 0.723. The molecule has 6 heteroatoms.